The first-order valence-corrected chi connectivity index (χ1v) is 8.16. The van der Waals surface area contributed by atoms with Crippen LogP contribution in [0.15, 0.2) is 30.3 Å². The van der Waals surface area contributed by atoms with Gasteiger partial charge in [-0.2, -0.15) is 0 Å². The second kappa shape index (κ2) is 5.79. The number of likely N-dealkylation sites (tertiary alicyclic amines) is 1. The minimum atomic E-state index is -0.740. The largest absolute Gasteiger partial charge is 0.481 e. The predicted molar refractivity (Wildman–Crippen MR) is 86.0 cm³/mol. The maximum absolute atomic E-state index is 13.9. The van der Waals surface area contributed by atoms with Crippen LogP contribution in [0.25, 0.3) is 10.9 Å². The van der Waals surface area contributed by atoms with Crippen molar-refractivity contribution in [1.82, 2.24) is 9.88 Å². The molecule has 0 bridgehead atoms. The van der Waals surface area contributed by atoms with Gasteiger partial charge >= 0.3 is 5.97 Å². The van der Waals surface area contributed by atoms with Gasteiger partial charge in [-0.1, -0.05) is 18.2 Å². The molecule has 3 heterocycles. The minimum absolute atomic E-state index is 0.000873. The molecule has 0 radical (unpaired) electrons. The van der Waals surface area contributed by atoms with Crippen molar-refractivity contribution in [1.29, 1.82) is 0 Å². The molecule has 0 spiro atoms. The van der Waals surface area contributed by atoms with Gasteiger partial charge in [-0.15, -0.1) is 0 Å². The summed E-state index contributed by atoms with van der Waals surface area (Å²) in [5.41, 5.74) is 0.399. The number of aliphatic carboxylic acids is 1. The maximum Gasteiger partial charge on any atom is 0.311 e. The number of pyridine rings is 1. The molecule has 1 N–H and O–H groups in total. The number of rotatable bonds is 3. The average molecular weight is 330 g/mol. The maximum atomic E-state index is 13.9. The highest BCUT2D eigenvalue weighted by atomic mass is 19.1. The van der Waals surface area contributed by atoms with Gasteiger partial charge in [0.15, 0.2) is 0 Å². The lowest BCUT2D eigenvalue weighted by Crippen LogP contribution is -2.44. The molecule has 0 saturated carbocycles. The van der Waals surface area contributed by atoms with Crippen molar-refractivity contribution in [2.45, 2.75) is 13.0 Å². The first kappa shape index (κ1) is 15.5. The third-order valence-corrected chi connectivity index (χ3v) is 5.32. The Morgan fingerprint density at radius 3 is 3.08 bits per heavy atom. The van der Waals surface area contributed by atoms with Crippen molar-refractivity contribution in [2.75, 3.05) is 26.3 Å². The average Bonchev–Trinajstić information content (AvgIpc) is 2.95. The summed E-state index contributed by atoms with van der Waals surface area (Å²) < 4.78 is 19.4. The topological polar surface area (TPSA) is 62.7 Å². The monoisotopic (exact) mass is 330 g/mol. The fourth-order valence-corrected chi connectivity index (χ4v) is 3.99. The summed E-state index contributed by atoms with van der Waals surface area (Å²) >= 11 is 0. The minimum Gasteiger partial charge on any atom is -0.481 e. The Hall–Kier alpha value is -2.05. The highest BCUT2D eigenvalue weighted by molar-refractivity contribution is 5.79. The van der Waals surface area contributed by atoms with Crippen molar-refractivity contribution >= 4 is 16.9 Å². The van der Waals surface area contributed by atoms with E-state index in [9.17, 15) is 14.3 Å². The summed E-state index contributed by atoms with van der Waals surface area (Å²) in [5, 5.41) is 10.5. The number of halogens is 1. The Kier molecular flexibility index (Phi) is 3.73. The number of aromatic nitrogens is 1. The van der Waals surface area contributed by atoms with Gasteiger partial charge in [0.25, 0.3) is 0 Å². The second-order valence-corrected chi connectivity index (χ2v) is 6.77. The standard InChI is InChI=1S/C18H19FN2O3/c19-15-3-1-2-12-4-5-14(20-16(12)15)9-21-8-13-10-24-7-6-18(13,11-21)17(22)23/h1-5,13H,6-11H2,(H,22,23)/t13-,18+/m1/s1. The van der Waals surface area contributed by atoms with Crippen LogP contribution >= 0.6 is 0 Å². The molecule has 0 unspecified atom stereocenters. The van der Waals surface area contributed by atoms with E-state index in [4.69, 9.17) is 4.74 Å². The van der Waals surface area contributed by atoms with Crippen molar-refractivity contribution in [3.05, 3.63) is 41.8 Å². The van der Waals surface area contributed by atoms with E-state index < -0.39 is 11.4 Å². The molecule has 1 aromatic heterocycles. The van der Waals surface area contributed by atoms with Crippen LogP contribution in [0.2, 0.25) is 0 Å². The molecular weight excluding hydrogens is 311 g/mol. The molecule has 24 heavy (non-hydrogen) atoms. The number of benzene rings is 1. The van der Waals surface area contributed by atoms with Crippen molar-refractivity contribution in [2.24, 2.45) is 11.3 Å². The smallest absolute Gasteiger partial charge is 0.311 e. The Morgan fingerprint density at radius 1 is 1.42 bits per heavy atom. The fraction of sp³-hybridized carbons (Fsp3) is 0.444. The molecule has 0 amide bonds. The molecular formula is C18H19FN2O3. The zero-order chi connectivity index (χ0) is 16.7. The Labute approximate surface area is 139 Å². The molecule has 2 saturated heterocycles. The molecule has 6 heteroatoms. The van der Waals surface area contributed by atoms with Crippen LogP contribution in [0.4, 0.5) is 4.39 Å². The summed E-state index contributed by atoms with van der Waals surface area (Å²) in [4.78, 5) is 18.4. The van der Waals surface area contributed by atoms with Crippen LogP contribution in [0.5, 0.6) is 0 Å². The molecule has 5 nitrogen and oxygen atoms in total. The summed E-state index contributed by atoms with van der Waals surface area (Å²) in [6.07, 6.45) is 0.545. The number of nitrogens with zero attached hydrogens (tertiary/aromatic N) is 2. The highest BCUT2D eigenvalue weighted by Gasteiger charge is 2.53. The van der Waals surface area contributed by atoms with E-state index in [2.05, 4.69) is 9.88 Å². The fourth-order valence-electron chi connectivity index (χ4n) is 3.99. The van der Waals surface area contributed by atoms with E-state index in [1.54, 1.807) is 6.07 Å². The van der Waals surface area contributed by atoms with E-state index >= 15 is 0 Å². The van der Waals surface area contributed by atoms with Crippen LogP contribution in [0.1, 0.15) is 12.1 Å². The van der Waals surface area contributed by atoms with Crippen molar-refractivity contribution in [3.8, 4) is 0 Å². The summed E-state index contributed by atoms with van der Waals surface area (Å²) in [6, 6.07) is 8.64. The van der Waals surface area contributed by atoms with E-state index in [0.29, 0.717) is 44.8 Å². The van der Waals surface area contributed by atoms with Crippen LogP contribution in [-0.4, -0.2) is 47.3 Å². The summed E-state index contributed by atoms with van der Waals surface area (Å²) in [6.45, 7) is 2.67. The van der Waals surface area contributed by atoms with Crippen LogP contribution in [0, 0.1) is 17.2 Å². The van der Waals surface area contributed by atoms with Crippen molar-refractivity contribution < 1.29 is 19.0 Å². The molecule has 1 aromatic carbocycles. The number of para-hydroxylation sites is 1. The number of hydrogen-bond donors (Lipinski definition) is 1. The number of ether oxygens (including phenoxy) is 1. The third kappa shape index (κ3) is 2.46. The molecule has 2 aliphatic rings. The number of hydrogen-bond acceptors (Lipinski definition) is 4. The van der Waals surface area contributed by atoms with Crippen molar-refractivity contribution in [3.63, 3.8) is 0 Å². The number of carbonyl (C=O) groups is 1. The predicted octanol–water partition coefficient (Wildman–Crippen LogP) is 2.30. The van der Waals surface area contributed by atoms with E-state index in [-0.39, 0.29) is 11.7 Å². The van der Waals surface area contributed by atoms with E-state index in [0.717, 1.165) is 11.1 Å². The molecule has 0 aliphatic carbocycles. The summed E-state index contributed by atoms with van der Waals surface area (Å²) in [7, 11) is 0. The van der Waals surface area contributed by atoms with Gasteiger partial charge in [-0.25, -0.2) is 9.37 Å². The SMILES string of the molecule is O=C(O)[C@]12CCOC[C@H]1CN(Cc1ccc3cccc(F)c3n1)C2. The third-order valence-electron chi connectivity index (χ3n) is 5.32. The molecule has 126 valence electrons. The molecule has 2 aliphatic heterocycles. The Balaban J connectivity index is 1.58. The molecule has 2 atom stereocenters. The van der Waals surface area contributed by atoms with Gasteiger partial charge in [0.1, 0.15) is 11.3 Å². The number of carboxylic acids is 1. The first-order chi connectivity index (χ1) is 11.6. The van der Waals surface area contributed by atoms with E-state index in [1.807, 2.05) is 18.2 Å². The first-order valence-electron chi connectivity index (χ1n) is 8.16. The van der Waals surface area contributed by atoms with Gasteiger partial charge in [0.2, 0.25) is 0 Å². The van der Waals surface area contributed by atoms with Crippen LogP contribution in [0.3, 0.4) is 0 Å². The molecule has 4 rings (SSSR count). The normalized spacial score (nSPS) is 27.3. The lowest BCUT2D eigenvalue weighted by atomic mass is 9.74. The quantitative estimate of drug-likeness (QED) is 0.936. The van der Waals surface area contributed by atoms with Crippen LogP contribution < -0.4 is 0 Å². The van der Waals surface area contributed by atoms with Gasteiger partial charge in [0.05, 0.1) is 17.7 Å². The number of fused-ring (bicyclic) bond motifs is 2. The second-order valence-electron chi connectivity index (χ2n) is 6.77. The van der Waals surface area contributed by atoms with Crippen LogP contribution in [-0.2, 0) is 16.1 Å². The van der Waals surface area contributed by atoms with Gasteiger partial charge in [0, 0.05) is 37.5 Å². The highest BCUT2D eigenvalue weighted by Crippen LogP contribution is 2.42. The Bertz CT molecular complexity index is 797. The lowest BCUT2D eigenvalue weighted by molar-refractivity contribution is -0.157. The molecule has 2 fully saturated rings. The lowest BCUT2D eigenvalue weighted by Gasteiger charge is -2.34. The zero-order valence-electron chi connectivity index (χ0n) is 13.2. The van der Waals surface area contributed by atoms with Gasteiger partial charge in [-0.3, -0.25) is 9.69 Å². The molecule has 2 aromatic rings. The van der Waals surface area contributed by atoms with E-state index in [1.165, 1.54) is 6.07 Å². The van der Waals surface area contributed by atoms with Gasteiger partial charge < -0.3 is 9.84 Å². The van der Waals surface area contributed by atoms with Gasteiger partial charge in [-0.05, 0) is 18.6 Å². The zero-order valence-corrected chi connectivity index (χ0v) is 13.2. The Morgan fingerprint density at radius 2 is 2.29 bits per heavy atom. The number of carboxylic acid groups (broad SMARTS) is 1. The summed E-state index contributed by atoms with van der Waals surface area (Å²) in [5.74, 6) is -1.07.